The van der Waals surface area contributed by atoms with Gasteiger partial charge in [-0.15, -0.1) is 0 Å². The lowest BCUT2D eigenvalue weighted by molar-refractivity contribution is -0.143. The van der Waals surface area contributed by atoms with Crippen LogP contribution in [0.5, 0.6) is 0 Å². The van der Waals surface area contributed by atoms with E-state index < -0.39 is 29.2 Å². The first-order chi connectivity index (χ1) is 17.4. The molecule has 14 heteroatoms. The van der Waals surface area contributed by atoms with Gasteiger partial charge in [0.2, 0.25) is 0 Å². The highest BCUT2D eigenvalue weighted by Crippen LogP contribution is 2.38. The zero-order valence-corrected chi connectivity index (χ0v) is 19.7. The molecule has 0 bridgehead atoms. The summed E-state index contributed by atoms with van der Waals surface area (Å²) >= 11 is 0. The third-order valence-corrected chi connectivity index (χ3v) is 5.90. The van der Waals surface area contributed by atoms with Gasteiger partial charge in [0, 0.05) is 44.5 Å². The Morgan fingerprint density at radius 2 is 1.65 bits per heavy atom. The summed E-state index contributed by atoms with van der Waals surface area (Å²) in [6, 6.07) is 4.52. The molecule has 0 unspecified atom stereocenters. The number of hydrogen-bond donors (Lipinski definition) is 1. The molecule has 198 valence electrons. The zero-order chi connectivity index (χ0) is 26.8. The highest BCUT2D eigenvalue weighted by Gasteiger charge is 2.37. The molecule has 0 spiro atoms. The molecule has 1 aliphatic rings. The lowest BCUT2D eigenvalue weighted by Gasteiger charge is -2.32. The van der Waals surface area contributed by atoms with E-state index in [1.807, 2.05) is 6.07 Å². The number of nitrogens with one attached hydrogen (secondary N) is 1. The number of aromatic nitrogens is 3. The van der Waals surface area contributed by atoms with Crippen LogP contribution in [-0.4, -0.2) is 70.8 Å². The van der Waals surface area contributed by atoms with Gasteiger partial charge in [0.1, 0.15) is 17.5 Å². The topological polar surface area (TPSA) is 81.7 Å². The second kappa shape index (κ2) is 10.5. The van der Waals surface area contributed by atoms with Gasteiger partial charge in [0.05, 0.1) is 36.2 Å². The van der Waals surface area contributed by atoms with Gasteiger partial charge < -0.3 is 15.0 Å². The Kier molecular flexibility index (Phi) is 7.58. The van der Waals surface area contributed by atoms with Crippen LogP contribution in [0, 0.1) is 11.3 Å². The largest absolute Gasteiger partial charge is 0.416 e. The summed E-state index contributed by atoms with van der Waals surface area (Å²) in [4.78, 5) is 8.83. The highest BCUT2D eigenvalue weighted by atomic mass is 19.4. The number of alkyl halides is 6. The molecule has 1 saturated heterocycles. The van der Waals surface area contributed by atoms with Crippen molar-refractivity contribution in [3.8, 4) is 6.07 Å². The fourth-order valence-electron chi connectivity index (χ4n) is 3.87. The number of halogens is 6. The van der Waals surface area contributed by atoms with Crippen LogP contribution in [0.3, 0.4) is 0 Å². The Bertz CT molecular complexity index is 1260. The number of nitrogens with zero attached hydrogens (tertiary/aromatic N) is 6. The molecule has 0 amide bonds. The normalized spacial score (nSPS) is 15.7. The maximum absolute atomic E-state index is 13.3. The summed E-state index contributed by atoms with van der Waals surface area (Å²) in [5, 5.41) is 16.0. The Morgan fingerprint density at radius 1 is 1.00 bits per heavy atom. The van der Waals surface area contributed by atoms with Crippen molar-refractivity contribution in [3.05, 3.63) is 52.8 Å². The average Bonchev–Trinajstić information content (AvgIpc) is 3.25. The summed E-state index contributed by atoms with van der Waals surface area (Å²) in [6.45, 7) is 4.85. The van der Waals surface area contributed by atoms with E-state index in [4.69, 9.17) is 4.74 Å². The Morgan fingerprint density at radius 3 is 2.24 bits per heavy atom. The lowest BCUT2D eigenvalue weighted by Crippen LogP contribution is -2.45. The highest BCUT2D eigenvalue weighted by molar-refractivity contribution is 5.65. The molecule has 8 nitrogen and oxygen atoms in total. The maximum atomic E-state index is 13.3. The van der Waals surface area contributed by atoms with Crippen molar-refractivity contribution >= 4 is 17.2 Å². The fourth-order valence-corrected chi connectivity index (χ4v) is 3.87. The number of piperazine rings is 1. The molecule has 2 aromatic heterocycles. The van der Waals surface area contributed by atoms with Crippen molar-refractivity contribution in [1.29, 1.82) is 5.26 Å². The van der Waals surface area contributed by atoms with Crippen molar-refractivity contribution in [2.24, 2.45) is 0 Å². The van der Waals surface area contributed by atoms with E-state index in [9.17, 15) is 31.6 Å². The smallest absolute Gasteiger partial charge is 0.374 e. The Labute approximate surface area is 208 Å². The second-order valence-electron chi connectivity index (χ2n) is 8.66. The van der Waals surface area contributed by atoms with E-state index in [-0.39, 0.29) is 29.7 Å². The van der Waals surface area contributed by atoms with Crippen LogP contribution in [0.25, 0.3) is 5.65 Å². The molecule has 0 atom stereocenters. The van der Waals surface area contributed by atoms with E-state index in [2.05, 4.69) is 32.2 Å². The summed E-state index contributed by atoms with van der Waals surface area (Å²) in [7, 11) is 2.05. The summed E-state index contributed by atoms with van der Waals surface area (Å²) < 4.78 is 86.6. The second-order valence-corrected chi connectivity index (χ2v) is 8.66. The Balaban J connectivity index is 1.58. The molecular weight excluding hydrogens is 504 g/mol. The van der Waals surface area contributed by atoms with Gasteiger partial charge >= 0.3 is 12.4 Å². The van der Waals surface area contributed by atoms with E-state index in [0.717, 1.165) is 30.7 Å². The Hall–Kier alpha value is -3.41. The standard InChI is InChI=1S/C23H23F6N7O/c1-34-2-4-35(5-3-34)6-7-37-14-19-11-20(36-21(33-19)15(12-30)13-31-36)32-18-9-16(22(24,25)26)8-17(10-18)23(27,28)29/h8-11,13,32H,2-7,14H2,1H3. The van der Waals surface area contributed by atoms with Crippen LogP contribution in [0.1, 0.15) is 22.4 Å². The number of rotatable bonds is 7. The van der Waals surface area contributed by atoms with Crippen molar-refractivity contribution in [2.75, 3.05) is 51.7 Å². The van der Waals surface area contributed by atoms with E-state index in [1.165, 1.54) is 12.3 Å². The number of nitriles is 1. The molecule has 1 N–H and O–H groups in total. The van der Waals surface area contributed by atoms with Gasteiger partial charge in [-0.05, 0) is 25.2 Å². The average molecular weight is 527 g/mol. The van der Waals surface area contributed by atoms with Crippen LogP contribution < -0.4 is 5.32 Å². The van der Waals surface area contributed by atoms with E-state index >= 15 is 0 Å². The van der Waals surface area contributed by atoms with Crippen molar-refractivity contribution in [2.45, 2.75) is 19.0 Å². The van der Waals surface area contributed by atoms with Crippen LogP contribution in [0.2, 0.25) is 0 Å². The number of benzene rings is 1. The SMILES string of the molecule is CN1CCN(CCOCc2cc(Nc3cc(C(F)(F)F)cc(C(F)(F)F)c3)n3ncc(C#N)c3n2)CC1. The van der Waals surface area contributed by atoms with Gasteiger partial charge in [0.25, 0.3) is 0 Å². The maximum Gasteiger partial charge on any atom is 0.416 e. The first-order valence-electron chi connectivity index (χ1n) is 11.3. The molecular formula is C23H23F6N7O. The molecule has 0 radical (unpaired) electrons. The van der Waals surface area contributed by atoms with Gasteiger partial charge in [0.15, 0.2) is 5.65 Å². The van der Waals surface area contributed by atoms with Gasteiger partial charge in [-0.25, -0.2) is 4.98 Å². The van der Waals surface area contributed by atoms with Gasteiger partial charge in [-0.1, -0.05) is 0 Å². The molecule has 1 aromatic carbocycles. The summed E-state index contributed by atoms with van der Waals surface area (Å²) in [5.41, 5.74) is -2.86. The minimum absolute atomic E-state index is 0.0192. The van der Waals surface area contributed by atoms with Crippen LogP contribution in [0.15, 0.2) is 30.5 Å². The zero-order valence-electron chi connectivity index (χ0n) is 19.7. The van der Waals surface area contributed by atoms with Gasteiger partial charge in [-0.3, -0.25) is 4.90 Å². The minimum Gasteiger partial charge on any atom is -0.374 e. The molecule has 3 aromatic rings. The third-order valence-electron chi connectivity index (χ3n) is 5.90. The van der Waals surface area contributed by atoms with Crippen LogP contribution in [0.4, 0.5) is 37.8 Å². The first kappa shape index (κ1) is 26.6. The van der Waals surface area contributed by atoms with Gasteiger partial charge in [-0.2, -0.15) is 41.2 Å². The predicted octanol–water partition coefficient (Wildman–Crippen LogP) is 4.15. The van der Waals surface area contributed by atoms with Crippen LogP contribution >= 0.6 is 0 Å². The number of anilines is 2. The third kappa shape index (κ3) is 6.48. The number of ether oxygens (including phenoxy) is 1. The molecule has 0 saturated carbocycles. The summed E-state index contributed by atoms with van der Waals surface area (Å²) in [5.74, 6) is 0.0246. The van der Waals surface area contributed by atoms with Crippen molar-refractivity contribution < 1.29 is 31.1 Å². The van der Waals surface area contributed by atoms with E-state index in [0.29, 0.717) is 31.0 Å². The van der Waals surface area contributed by atoms with Crippen LogP contribution in [-0.2, 0) is 23.7 Å². The molecule has 0 aliphatic carbocycles. The molecule has 37 heavy (non-hydrogen) atoms. The quantitative estimate of drug-likeness (QED) is 0.365. The lowest BCUT2D eigenvalue weighted by atomic mass is 10.1. The minimum atomic E-state index is -4.99. The van der Waals surface area contributed by atoms with Crippen molar-refractivity contribution in [1.82, 2.24) is 24.4 Å². The monoisotopic (exact) mass is 527 g/mol. The number of likely N-dealkylation sites (N-methyl/N-ethyl adjacent to an activating group) is 1. The predicted molar refractivity (Wildman–Crippen MR) is 121 cm³/mol. The number of fused-ring (bicyclic) bond motifs is 1. The van der Waals surface area contributed by atoms with E-state index in [1.54, 1.807) is 0 Å². The molecule has 1 aliphatic heterocycles. The molecule has 4 rings (SSSR count). The molecule has 1 fully saturated rings. The first-order valence-corrected chi connectivity index (χ1v) is 11.3. The number of hydrogen-bond acceptors (Lipinski definition) is 7. The fraction of sp³-hybridized carbons (Fsp3) is 0.435. The van der Waals surface area contributed by atoms with Crippen molar-refractivity contribution in [3.63, 3.8) is 0 Å². The molecule has 3 heterocycles. The summed E-state index contributed by atoms with van der Waals surface area (Å²) in [6.07, 6.45) is -8.78.